The highest BCUT2D eigenvalue weighted by Gasteiger charge is 2.24. The minimum absolute atomic E-state index is 0.00937. The molecule has 0 radical (unpaired) electrons. The molecule has 1 fully saturated rings. The Morgan fingerprint density at radius 1 is 1.24 bits per heavy atom. The zero-order valence-electron chi connectivity index (χ0n) is 12.4. The molecule has 0 bridgehead atoms. The maximum atomic E-state index is 12.7. The monoisotopic (exact) mass is 350 g/mol. The Kier molecular flexibility index (Phi) is 4.04. The number of amides is 1. The zero-order chi connectivity index (χ0) is 15.0. The van der Waals surface area contributed by atoms with Crippen molar-refractivity contribution in [2.24, 2.45) is 0 Å². The largest absolute Gasteiger partial charge is 0.451 e. The average Bonchev–Trinajstić information content (AvgIpc) is 2.64. The van der Waals surface area contributed by atoms with Gasteiger partial charge in [-0.25, -0.2) is 0 Å². The molecular formula is C16H19BrN2O2. The molecular weight excluding hydrogens is 332 g/mol. The van der Waals surface area contributed by atoms with Crippen LogP contribution in [0, 0.1) is 6.92 Å². The van der Waals surface area contributed by atoms with Crippen molar-refractivity contribution < 1.29 is 9.21 Å². The summed E-state index contributed by atoms with van der Waals surface area (Å²) in [5.41, 5.74) is 1.69. The molecule has 0 atom stereocenters. The van der Waals surface area contributed by atoms with Gasteiger partial charge in [-0.05, 0) is 45.1 Å². The number of furan rings is 1. The highest BCUT2D eigenvalue weighted by atomic mass is 79.9. The van der Waals surface area contributed by atoms with Crippen LogP contribution in [0.5, 0.6) is 0 Å². The molecule has 0 saturated carbocycles. The van der Waals surface area contributed by atoms with Crippen LogP contribution >= 0.6 is 15.9 Å². The number of likely N-dealkylation sites (N-methyl/N-ethyl adjacent to an activating group) is 1. The smallest absolute Gasteiger partial charge is 0.289 e. The zero-order valence-corrected chi connectivity index (χ0v) is 13.9. The maximum Gasteiger partial charge on any atom is 0.289 e. The van der Waals surface area contributed by atoms with Crippen LogP contribution in [0.3, 0.4) is 0 Å². The number of carbonyl (C=O) groups excluding carboxylic acids is 1. The van der Waals surface area contributed by atoms with Crippen molar-refractivity contribution in [2.75, 3.05) is 33.2 Å². The molecule has 0 aliphatic carbocycles. The van der Waals surface area contributed by atoms with Crippen LogP contribution in [-0.2, 0) is 0 Å². The lowest BCUT2D eigenvalue weighted by atomic mass is 10.1. The van der Waals surface area contributed by atoms with Crippen LogP contribution in [0.4, 0.5) is 0 Å². The Balaban J connectivity index is 1.92. The second-order valence-electron chi connectivity index (χ2n) is 5.65. The SMILES string of the molecule is Cc1c(C(=O)N2CCCN(C)CC2)oc2ccc(Br)cc12. The van der Waals surface area contributed by atoms with Gasteiger partial charge in [-0.15, -0.1) is 0 Å². The third-order valence-corrected chi connectivity index (χ3v) is 4.59. The van der Waals surface area contributed by atoms with Crippen molar-refractivity contribution in [1.82, 2.24) is 9.80 Å². The highest BCUT2D eigenvalue weighted by Crippen LogP contribution is 2.29. The lowest BCUT2D eigenvalue weighted by Gasteiger charge is -2.19. The molecule has 1 aliphatic heterocycles. The van der Waals surface area contributed by atoms with Gasteiger partial charge in [-0.3, -0.25) is 4.79 Å². The minimum atomic E-state index is 0.00937. The summed E-state index contributed by atoms with van der Waals surface area (Å²) in [7, 11) is 2.10. The quantitative estimate of drug-likeness (QED) is 0.791. The van der Waals surface area contributed by atoms with Crippen LogP contribution < -0.4 is 0 Å². The van der Waals surface area contributed by atoms with Crippen molar-refractivity contribution in [1.29, 1.82) is 0 Å². The molecule has 4 nitrogen and oxygen atoms in total. The van der Waals surface area contributed by atoms with E-state index in [-0.39, 0.29) is 5.91 Å². The second kappa shape index (κ2) is 5.81. The third kappa shape index (κ3) is 2.85. The molecule has 1 aliphatic rings. The number of aryl methyl sites for hydroxylation is 1. The van der Waals surface area contributed by atoms with Gasteiger partial charge >= 0.3 is 0 Å². The predicted molar refractivity (Wildman–Crippen MR) is 86.7 cm³/mol. The van der Waals surface area contributed by atoms with Gasteiger partial charge < -0.3 is 14.2 Å². The Bertz CT molecular complexity index is 680. The van der Waals surface area contributed by atoms with E-state index >= 15 is 0 Å². The summed E-state index contributed by atoms with van der Waals surface area (Å²) in [6.07, 6.45) is 1.01. The molecule has 0 spiro atoms. The lowest BCUT2D eigenvalue weighted by Crippen LogP contribution is -2.34. The number of rotatable bonds is 1. The molecule has 1 amide bonds. The van der Waals surface area contributed by atoms with Gasteiger partial charge in [0.25, 0.3) is 5.91 Å². The Morgan fingerprint density at radius 2 is 2.05 bits per heavy atom. The first kappa shape index (κ1) is 14.6. The fourth-order valence-corrected chi connectivity index (χ4v) is 3.15. The van der Waals surface area contributed by atoms with E-state index in [2.05, 4.69) is 27.9 Å². The average molecular weight is 351 g/mol. The normalized spacial score (nSPS) is 17.2. The lowest BCUT2D eigenvalue weighted by molar-refractivity contribution is 0.0732. The van der Waals surface area contributed by atoms with Crippen molar-refractivity contribution in [3.8, 4) is 0 Å². The van der Waals surface area contributed by atoms with Crippen LogP contribution in [0.2, 0.25) is 0 Å². The van der Waals surface area contributed by atoms with Crippen molar-refractivity contribution in [2.45, 2.75) is 13.3 Å². The number of benzene rings is 1. The standard InChI is InChI=1S/C16H19BrN2O2/c1-11-13-10-12(17)4-5-14(13)21-15(11)16(20)19-7-3-6-18(2)8-9-19/h4-5,10H,3,6-9H2,1-2H3. The molecule has 2 aromatic rings. The molecule has 0 unspecified atom stereocenters. The van der Waals surface area contributed by atoms with E-state index in [0.717, 1.165) is 53.6 Å². The summed E-state index contributed by atoms with van der Waals surface area (Å²) in [5.74, 6) is 0.489. The molecule has 0 N–H and O–H groups in total. The van der Waals surface area contributed by atoms with Crippen LogP contribution in [0.25, 0.3) is 11.0 Å². The van der Waals surface area contributed by atoms with E-state index in [1.165, 1.54) is 0 Å². The van der Waals surface area contributed by atoms with E-state index in [9.17, 15) is 4.79 Å². The van der Waals surface area contributed by atoms with E-state index in [0.29, 0.717) is 5.76 Å². The number of hydrogen-bond donors (Lipinski definition) is 0. The van der Waals surface area contributed by atoms with Gasteiger partial charge in [0.1, 0.15) is 5.58 Å². The van der Waals surface area contributed by atoms with Crippen LogP contribution in [0.15, 0.2) is 27.1 Å². The first-order chi connectivity index (χ1) is 10.1. The van der Waals surface area contributed by atoms with Crippen molar-refractivity contribution in [3.63, 3.8) is 0 Å². The van der Waals surface area contributed by atoms with E-state index in [1.807, 2.05) is 30.0 Å². The summed E-state index contributed by atoms with van der Waals surface area (Å²) < 4.78 is 6.81. The van der Waals surface area contributed by atoms with Gasteiger partial charge in [-0.1, -0.05) is 15.9 Å². The molecule has 1 aromatic carbocycles. The predicted octanol–water partition coefficient (Wildman–Crippen LogP) is 3.28. The maximum absolute atomic E-state index is 12.7. The van der Waals surface area contributed by atoms with Crippen LogP contribution in [-0.4, -0.2) is 48.9 Å². The number of carbonyl (C=O) groups is 1. The molecule has 2 heterocycles. The number of fused-ring (bicyclic) bond motifs is 1. The molecule has 112 valence electrons. The Hall–Kier alpha value is -1.33. The van der Waals surface area contributed by atoms with Gasteiger partial charge in [0, 0.05) is 35.1 Å². The van der Waals surface area contributed by atoms with Gasteiger partial charge in [0.2, 0.25) is 0 Å². The number of halogens is 1. The summed E-state index contributed by atoms with van der Waals surface area (Å²) in [6, 6.07) is 5.83. The first-order valence-electron chi connectivity index (χ1n) is 7.23. The van der Waals surface area contributed by atoms with Gasteiger partial charge in [-0.2, -0.15) is 0 Å². The first-order valence-corrected chi connectivity index (χ1v) is 8.02. The summed E-state index contributed by atoms with van der Waals surface area (Å²) in [6.45, 7) is 5.46. The number of nitrogens with zero attached hydrogens (tertiary/aromatic N) is 2. The Morgan fingerprint density at radius 3 is 2.86 bits per heavy atom. The summed E-state index contributed by atoms with van der Waals surface area (Å²) in [5, 5.41) is 1.000. The third-order valence-electron chi connectivity index (χ3n) is 4.10. The van der Waals surface area contributed by atoms with Crippen molar-refractivity contribution >= 4 is 32.8 Å². The molecule has 21 heavy (non-hydrogen) atoms. The highest BCUT2D eigenvalue weighted by molar-refractivity contribution is 9.10. The minimum Gasteiger partial charge on any atom is -0.451 e. The van der Waals surface area contributed by atoms with Gasteiger partial charge in [0.05, 0.1) is 0 Å². The topological polar surface area (TPSA) is 36.7 Å². The van der Waals surface area contributed by atoms with Gasteiger partial charge in [0.15, 0.2) is 5.76 Å². The Labute approximate surface area is 132 Å². The van der Waals surface area contributed by atoms with E-state index in [4.69, 9.17) is 4.42 Å². The van der Waals surface area contributed by atoms with Crippen LogP contribution in [0.1, 0.15) is 22.5 Å². The fraction of sp³-hybridized carbons (Fsp3) is 0.438. The fourth-order valence-electron chi connectivity index (χ4n) is 2.79. The molecule has 3 rings (SSSR count). The van der Waals surface area contributed by atoms with E-state index in [1.54, 1.807) is 0 Å². The van der Waals surface area contributed by atoms with Crippen molar-refractivity contribution in [3.05, 3.63) is 34.0 Å². The molecule has 5 heteroatoms. The molecule has 1 aromatic heterocycles. The second-order valence-corrected chi connectivity index (χ2v) is 6.56. The summed E-state index contributed by atoms with van der Waals surface area (Å²) in [4.78, 5) is 16.9. The molecule has 1 saturated heterocycles. The number of hydrogen-bond acceptors (Lipinski definition) is 3. The van der Waals surface area contributed by atoms with E-state index < -0.39 is 0 Å². The summed E-state index contributed by atoms with van der Waals surface area (Å²) >= 11 is 3.46.